The molecule has 0 bridgehead atoms. The van der Waals surface area contributed by atoms with Crippen LogP contribution in [0.2, 0.25) is 0 Å². The summed E-state index contributed by atoms with van der Waals surface area (Å²) in [4.78, 5) is 11.8. The van der Waals surface area contributed by atoms with E-state index in [1.165, 1.54) is 0 Å². The van der Waals surface area contributed by atoms with Crippen LogP contribution in [-0.4, -0.2) is 15.0 Å². The molecule has 2 heterocycles. The number of benzene rings is 1. The molecular weight excluding hydrogens is 188 g/mol. The van der Waals surface area contributed by atoms with Crippen molar-refractivity contribution in [3.63, 3.8) is 0 Å². The van der Waals surface area contributed by atoms with E-state index in [4.69, 9.17) is 5.73 Å². The molecule has 4 heteroatoms. The van der Waals surface area contributed by atoms with E-state index in [9.17, 15) is 0 Å². The Bertz CT molecular complexity index is 627. The molecule has 0 spiro atoms. The number of hydrogen-bond donors (Lipinski definition) is 2. The number of nitrogens with two attached hydrogens (primary N) is 1. The Morgan fingerprint density at radius 3 is 3.07 bits per heavy atom. The van der Waals surface area contributed by atoms with E-state index in [0.717, 1.165) is 21.8 Å². The Morgan fingerprint density at radius 1 is 1.27 bits per heavy atom. The Balaban J connectivity index is 2.48. The molecule has 0 aliphatic carbocycles. The molecule has 0 amide bonds. The molecule has 0 aliphatic rings. The van der Waals surface area contributed by atoms with Crippen molar-refractivity contribution in [2.24, 2.45) is 5.73 Å². The van der Waals surface area contributed by atoms with Gasteiger partial charge in [0, 0.05) is 28.7 Å². The van der Waals surface area contributed by atoms with Crippen LogP contribution in [0.1, 0.15) is 5.82 Å². The van der Waals surface area contributed by atoms with Gasteiger partial charge in [-0.25, -0.2) is 9.97 Å². The van der Waals surface area contributed by atoms with E-state index in [1.807, 2.05) is 30.6 Å². The summed E-state index contributed by atoms with van der Waals surface area (Å²) in [6.45, 7) is 0.372. The number of aromatic nitrogens is 3. The Labute approximate surface area is 86.1 Å². The predicted octanol–water partition coefficient (Wildman–Crippen LogP) is 1.57. The summed E-state index contributed by atoms with van der Waals surface area (Å²) in [5.74, 6) is 0.677. The highest BCUT2D eigenvalue weighted by Crippen LogP contribution is 2.21. The van der Waals surface area contributed by atoms with E-state index < -0.39 is 0 Å². The lowest BCUT2D eigenvalue weighted by Gasteiger charge is -2.00. The van der Waals surface area contributed by atoms with Crippen molar-refractivity contribution in [3.8, 4) is 0 Å². The average Bonchev–Trinajstić information content (AvgIpc) is 2.76. The molecule has 4 nitrogen and oxygen atoms in total. The van der Waals surface area contributed by atoms with Crippen LogP contribution in [0.4, 0.5) is 0 Å². The molecule has 15 heavy (non-hydrogen) atoms. The lowest BCUT2D eigenvalue weighted by molar-refractivity contribution is 0.928. The van der Waals surface area contributed by atoms with Gasteiger partial charge in [0.2, 0.25) is 0 Å². The van der Waals surface area contributed by atoms with Gasteiger partial charge in [0.1, 0.15) is 5.82 Å². The van der Waals surface area contributed by atoms with Gasteiger partial charge in [-0.05, 0) is 18.2 Å². The van der Waals surface area contributed by atoms with Crippen LogP contribution in [0.15, 0.2) is 30.6 Å². The van der Waals surface area contributed by atoms with Crippen LogP contribution in [0, 0.1) is 0 Å². The van der Waals surface area contributed by atoms with Crippen LogP contribution in [0.5, 0.6) is 0 Å². The molecule has 74 valence electrons. The van der Waals surface area contributed by atoms with E-state index in [2.05, 4.69) is 15.0 Å². The minimum absolute atomic E-state index is 0.372. The van der Waals surface area contributed by atoms with Crippen molar-refractivity contribution < 1.29 is 0 Å². The number of fused-ring (bicyclic) bond motifs is 3. The first-order valence-electron chi connectivity index (χ1n) is 4.80. The lowest BCUT2D eigenvalue weighted by Crippen LogP contribution is -2.02. The van der Waals surface area contributed by atoms with Crippen LogP contribution < -0.4 is 5.73 Å². The summed E-state index contributed by atoms with van der Waals surface area (Å²) >= 11 is 0. The fraction of sp³-hybridized carbons (Fsp3) is 0.0909. The highest BCUT2D eigenvalue weighted by atomic mass is 14.9. The molecule has 0 saturated carbocycles. The molecule has 1 aromatic carbocycles. The zero-order valence-electron chi connectivity index (χ0n) is 8.07. The van der Waals surface area contributed by atoms with Crippen molar-refractivity contribution in [1.29, 1.82) is 0 Å². The summed E-state index contributed by atoms with van der Waals surface area (Å²) in [6, 6.07) is 6.06. The smallest absolute Gasteiger partial charge is 0.142 e. The second-order valence-electron chi connectivity index (χ2n) is 3.43. The number of hydrogen-bond acceptors (Lipinski definition) is 3. The van der Waals surface area contributed by atoms with Gasteiger partial charge in [0.15, 0.2) is 0 Å². The van der Waals surface area contributed by atoms with Crippen LogP contribution >= 0.6 is 0 Å². The van der Waals surface area contributed by atoms with Crippen LogP contribution in [0.25, 0.3) is 21.8 Å². The van der Waals surface area contributed by atoms with Gasteiger partial charge in [-0.15, -0.1) is 0 Å². The molecule has 0 radical (unpaired) electrons. The van der Waals surface area contributed by atoms with E-state index in [1.54, 1.807) is 0 Å². The normalized spacial score (nSPS) is 11.3. The van der Waals surface area contributed by atoms with Gasteiger partial charge in [0.05, 0.1) is 12.1 Å². The van der Waals surface area contributed by atoms with Crippen LogP contribution in [0.3, 0.4) is 0 Å². The molecule has 3 rings (SSSR count). The largest absolute Gasteiger partial charge is 0.361 e. The summed E-state index contributed by atoms with van der Waals surface area (Å²) in [5, 5.41) is 2.16. The number of H-pyrrole nitrogens is 1. The molecule has 3 N–H and O–H groups in total. The first kappa shape index (κ1) is 8.38. The highest BCUT2D eigenvalue weighted by molar-refractivity contribution is 6.03. The van der Waals surface area contributed by atoms with E-state index in [0.29, 0.717) is 12.4 Å². The van der Waals surface area contributed by atoms with Gasteiger partial charge in [-0.1, -0.05) is 0 Å². The van der Waals surface area contributed by atoms with Crippen molar-refractivity contribution >= 4 is 21.8 Å². The second-order valence-corrected chi connectivity index (χ2v) is 3.43. The zero-order valence-corrected chi connectivity index (χ0v) is 8.07. The number of nitrogens with zero attached hydrogens (tertiary/aromatic N) is 2. The number of aromatic amines is 1. The fourth-order valence-electron chi connectivity index (χ4n) is 1.76. The maximum Gasteiger partial charge on any atom is 0.142 e. The summed E-state index contributed by atoms with van der Waals surface area (Å²) in [6.07, 6.45) is 3.73. The summed E-state index contributed by atoms with van der Waals surface area (Å²) < 4.78 is 0. The summed E-state index contributed by atoms with van der Waals surface area (Å²) in [7, 11) is 0. The molecular formula is C11H10N4. The predicted molar refractivity (Wildman–Crippen MR) is 59.3 cm³/mol. The van der Waals surface area contributed by atoms with Gasteiger partial charge >= 0.3 is 0 Å². The molecule has 0 saturated heterocycles. The Kier molecular flexibility index (Phi) is 1.69. The van der Waals surface area contributed by atoms with Crippen molar-refractivity contribution in [3.05, 3.63) is 36.4 Å². The molecule has 0 aliphatic heterocycles. The lowest BCUT2D eigenvalue weighted by atomic mass is 10.2. The van der Waals surface area contributed by atoms with E-state index >= 15 is 0 Å². The monoisotopic (exact) mass is 198 g/mol. The van der Waals surface area contributed by atoms with Crippen molar-refractivity contribution in [2.75, 3.05) is 0 Å². The zero-order chi connectivity index (χ0) is 10.3. The third-order valence-electron chi connectivity index (χ3n) is 2.51. The van der Waals surface area contributed by atoms with Crippen molar-refractivity contribution in [1.82, 2.24) is 15.0 Å². The SMILES string of the molecule is NCc1ncc2ccc3[nH]ccc3c2n1. The number of rotatable bonds is 1. The molecule has 0 unspecified atom stereocenters. The number of nitrogens with one attached hydrogen (secondary N) is 1. The van der Waals surface area contributed by atoms with Gasteiger partial charge in [0.25, 0.3) is 0 Å². The fourth-order valence-corrected chi connectivity index (χ4v) is 1.76. The Hall–Kier alpha value is -1.94. The first-order valence-corrected chi connectivity index (χ1v) is 4.80. The topological polar surface area (TPSA) is 67.6 Å². The molecule has 2 aromatic heterocycles. The van der Waals surface area contributed by atoms with E-state index in [-0.39, 0.29) is 0 Å². The Morgan fingerprint density at radius 2 is 2.20 bits per heavy atom. The van der Waals surface area contributed by atoms with Crippen LogP contribution in [-0.2, 0) is 6.54 Å². The third kappa shape index (κ3) is 1.19. The molecule has 3 aromatic rings. The highest BCUT2D eigenvalue weighted by Gasteiger charge is 2.03. The molecule has 0 fully saturated rings. The standard InChI is InChI=1S/C11H10N4/c12-5-10-14-6-7-1-2-9-8(3-4-13-9)11(7)15-10/h1-4,6,13H,5,12H2. The van der Waals surface area contributed by atoms with Gasteiger partial charge in [-0.2, -0.15) is 0 Å². The van der Waals surface area contributed by atoms with Gasteiger partial charge in [-0.3, -0.25) is 0 Å². The van der Waals surface area contributed by atoms with Crippen molar-refractivity contribution in [2.45, 2.75) is 6.54 Å². The average molecular weight is 198 g/mol. The minimum Gasteiger partial charge on any atom is -0.361 e. The quantitative estimate of drug-likeness (QED) is 0.623. The minimum atomic E-state index is 0.372. The third-order valence-corrected chi connectivity index (χ3v) is 2.51. The first-order chi connectivity index (χ1) is 7.38. The maximum atomic E-state index is 5.53. The summed E-state index contributed by atoms with van der Waals surface area (Å²) in [5.41, 5.74) is 7.58. The molecule has 0 atom stereocenters. The second kappa shape index (κ2) is 3.03. The maximum absolute atomic E-state index is 5.53. The van der Waals surface area contributed by atoms with Gasteiger partial charge < -0.3 is 10.7 Å².